The van der Waals surface area contributed by atoms with Crippen LogP contribution in [0.1, 0.15) is 61.7 Å². The third-order valence-corrected chi connectivity index (χ3v) is 7.26. The number of aromatic amines is 1. The second-order valence-electron chi connectivity index (χ2n) is 9.11. The normalized spacial score (nSPS) is 21.8. The first-order valence-electron chi connectivity index (χ1n) is 11.2. The summed E-state index contributed by atoms with van der Waals surface area (Å²) < 4.78 is 13.7. The van der Waals surface area contributed by atoms with Crippen LogP contribution in [0.4, 0.5) is 5.82 Å². The molecule has 1 fully saturated rings. The Balaban J connectivity index is 1.40. The first-order valence-corrected chi connectivity index (χ1v) is 12.1. The maximum atomic E-state index is 13.1. The van der Waals surface area contributed by atoms with Crippen molar-refractivity contribution in [2.45, 2.75) is 57.1 Å². The van der Waals surface area contributed by atoms with Crippen LogP contribution in [0.15, 0.2) is 58.4 Å². The zero-order valence-corrected chi connectivity index (χ0v) is 19.9. The highest BCUT2D eigenvalue weighted by Crippen LogP contribution is 2.45. The summed E-state index contributed by atoms with van der Waals surface area (Å²) in [6, 6.07) is 13.9. The molecule has 0 spiro atoms. The molecule has 5 rings (SSSR count). The van der Waals surface area contributed by atoms with Crippen LogP contribution < -0.4 is 10.3 Å². The van der Waals surface area contributed by atoms with Gasteiger partial charge in [0.25, 0.3) is 5.56 Å². The molecule has 3 aromatic rings. The maximum Gasteiger partial charge on any atom is 0.271 e. The number of pyridine rings is 1. The van der Waals surface area contributed by atoms with E-state index in [-0.39, 0.29) is 22.5 Å². The number of aromatic nitrogens is 3. The van der Waals surface area contributed by atoms with Crippen molar-refractivity contribution >= 4 is 22.6 Å². The van der Waals surface area contributed by atoms with Crippen molar-refractivity contribution in [1.29, 1.82) is 0 Å². The monoisotopic (exact) mass is 464 g/mol. The second-order valence-corrected chi connectivity index (χ2v) is 10.4. The van der Waals surface area contributed by atoms with Crippen molar-refractivity contribution in [3.05, 3.63) is 75.8 Å². The minimum absolute atomic E-state index is 0.0708. The standard InChI is InChI=1S/C25H28N4O3S/c1-16-27-23-21(24(30)28-29(23)19-11-13-32-25(2,3)14-19)22(33-16)17-7-9-20(10-8-17)31-15-18-6-4-5-12-26-18/h4-10,12,19,22H,11,13-15H2,1-3H3,(H,28,30)/t19-,22+/m1/s1. The van der Waals surface area contributed by atoms with Crippen LogP contribution in [-0.4, -0.2) is 32.0 Å². The third kappa shape index (κ3) is 4.63. The SMILES string of the molecule is CC1=Nc2c(c(=O)[nH]n2[C@@H]2CCOC(C)(C)C2)[C@H](c2ccc(OCc3ccccn3)cc2)S1. The summed E-state index contributed by atoms with van der Waals surface area (Å²) in [5, 5.41) is 3.92. The van der Waals surface area contributed by atoms with Crippen molar-refractivity contribution in [2.75, 3.05) is 6.61 Å². The molecule has 33 heavy (non-hydrogen) atoms. The molecule has 2 aliphatic heterocycles. The molecule has 0 bridgehead atoms. The summed E-state index contributed by atoms with van der Waals surface area (Å²) in [6.07, 6.45) is 3.45. The van der Waals surface area contributed by atoms with Gasteiger partial charge in [0.15, 0.2) is 5.82 Å². The topological polar surface area (TPSA) is 81.5 Å². The number of hydrogen-bond acceptors (Lipinski definition) is 6. The van der Waals surface area contributed by atoms with E-state index in [2.05, 4.69) is 23.9 Å². The lowest BCUT2D eigenvalue weighted by atomic mass is 9.94. The highest BCUT2D eigenvalue weighted by molar-refractivity contribution is 8.14. The van der Waals surface area contributed by atoms with Crippen LogP contribution in [0, 0.1) is 0 Å². The van der Waals surface area contributed by atoms with Crippen LogP contribution in [0.25, 0.3) is 0 Å². The molecular weight excluding hydrogens is 436 g/mol. The van der Waals surface area contributed by atoms with Crippen LogP contribution in [-0.2, 0) is 11.3 Å². The molecule has 4 heterocycles. The fourth-order valence-electron chi connectivity index (χ4n) is 4.51. The van der Waals surface area contributed by atoms with Gasteiger partial charge in [-0.2, -0.15) is 0 Å². The van der Waals surface area contributed by atoms with E-state index in [0.29, 0.717) is 13.2 Å². The Morgan fingerprint density at radius 2 is 2.06 bits per heavy atom. The Morgan fingerprint density at radius 3 is 2.79 bits per heavy atom. The molecule has 7 nitrogen and oxygen atoms in total. The molecule has 1 saturated heterocycles. The van der Waals surface area contributed by atoms with Crippen molar-refractivity contribution in [2.24, 2.45) is 4.99 Å². The lowest BCUT2D eigenvalue weighted by Gasteiger charge is -2.36. The average Bonchev–Trinajstić information content (AvgIpc) is 3.14. The number of benzene rings is 1. The highest BCUT2D eigenvalue weighted by Gasteiger charge is 2.35. The van der Waals surface area contributed by atoms with Gasteiger partial charge in [-0.3, -0.25) is 19.6 Å². The smallest absolute Gasteiger partial charge is 0.271 e. The highest BCUT2D eigenvalue weighted by atomic mass is 32.2. The Labute approximate surface area is 197 Å². The predicted molar refractivity (Wildman–Crippen MR) is 131 cm³/mol. The van der Waals surface area contributed by atoms with E-state index in [1.165, 1.54) is 0 Å². The van der Waals surface area contributed by atoms with Gasteiger partial charge in [0.2, 0.25) is 0 Å². The minimum Gasteiger partial charge on any atom is -0.487 e. The number of thioether (sulfide) groups is 1. The van der Waals surface area contributed by atoms with Gasteiger partial charge in [0, 0.05) is 12.8 Å². The van der Waals surface area contributed by atoms with Gasteiger partial charge in [0.05, 0.1) is 33.2 Å². The van der Waals surface area contributed by atoms with E-state index in [1.807, 2.05) is 54.1 Å². The number of H-pyrrole nitrogens is 1. The maximum absolute atomic E-state index is 13.1. The van der Waals surface area contributed by atoms with Crippen LogP contribution >= 0.6 is 11.8 Å². The molecule has 1 N–H and O–H groups in total. The van der Waals surface area contributed by atoms with Gasteiger partial charge >= 0.3 is 0 Å². The van der Waals surface area contributed by atoms with Crippen molar-refractivity contribution in [3.63, 3.8) is 0 Å². The summed E-state index contributed by atoms with van der Waals surface area (Å²) >= 11 is 1.61. The van der Waals surface area contributed by atoms with Gasteiger partial charge < -0.3 is 9.47 Å². The molecular formula is C25H28N4O3S. The van der Waals surface area contributed by atoms with E-state index in [1.54, 1.807) is 18.0 Å². The van der Waals surface area contributed by atoms with E-state index < -0.39 is 0 Å². The first-order chi connectivity index (χ1) is 15.9. The van der Waals surface area contributed by atoms with E-state index in [0.717, 1.165) is 46.3 Å². The Bertz CT molecular complexity index is 1210. The molecule has 0 amide bonds. The Kier molecular flexibility index (Phi) is 5.88. The minimum atomic E-state index is -0.219. The van der Waals surface area contributed by atoms with Crippen molar-refractivity contribution < 1.29 is 9.47 Å². The second kappa shape index (κ2) is 8.83. The number of nitrogens with zero attached hydrogens (tertiary/aromatic N) is 3. The zero-order chi connectivity index (χ0) is 23.0. The average molecular weight is 465 g/mol. The molecule has 2 aromatic heterocycles. The fourth-order valence-corrected chi connectivity index (χ4v) is 5.61. The lowest BCUT2D eigenvalue weighted by Crippen LogP contribution is -2.35. The van der Waals surface area contributed by atoms with Crippen molar-refractivity contribution in [1.82, 2.24) is 14.8 Å². The zero-order valence-electron chi connectivity index (χ0n) is 19.1. The van der Waals surface area contributed by atoms with Crippen LogP contribution in [0.3, 0.4) is 0 Å². The summed E-state index contributed by atoms with van der Waals surface area (Å²) in [4.78, 5) is 22.2. The van der Waals surface area contributed by atoms with Crippen molar-refractivity contribution in [3.8, 4) is 5.75 Å². The third-order valence-electron chi connectivity index (χ3n) is 6.08. The van der Waals surface area contributed by atoms with E-state index >= 15 is 0 Å². The molecule has 2 atom stereocenters. The number of nitrogens with one attached hydrogen (secondary N) is 1. The van der Waals surface area contributed by atoms with E-state index in [4.69, 9.17) is 14.5 Å². The number of aliphatic imine (C=N–C) groups is 1. The lowest BCUT2D eigenvalue weighted by molar-refractivity contribution is -0.0705. The number of rotatable bonds is 5. The van der Waals surface area contributed by atoms with Gasteiger partial charge in [-0.25, -0.2) is 4.99 Å². The summed E-state index contributed by atoms with van der Waals surface area (Å²) in [7, 11) is 0. The Morgan fingerprint density at radius 1 is 1.24 bits per heavy atom. The molecule has 172 valence electrons. The van der Waals surface area contributed by atoms with Gasteiger partial charge in [0.1, 0.15) is 12.4 Å². The van der Waals surface area contributed by atoms with Crippen LogP contribution in [0.5, 0.6) is 5.75 Å². The molecule has 8 heteroatoms. The molecule has 0 radical (unpaired) electrons. The van der Waals surface area contributed by atoms with E-state index in [9.17, 15) is 4.79 Å². The fraction of sp³-hybridized carbons (Fsp3) is 0.400. The largest absolute Gasteiger partial charge is 0.487 e. The first kappa shape index (κ1) is 22.0. The molecule has 0 unspecified atom stereocenters. The molecule has 2 aliphatic rings. The number of hydrogen-bond donors (Lipinski definition) is 1. The van der Waals surface area contributed by atoms with Gasteiger partial charge in [-0.05, 0) is 63.4 Å². The van der Waals surface area contributed by atoms with Crippen LogP contribution in [0.2, 0.25) is 0 Å². The van der Waals surface area contributed by atoms with Gasteiger partial charge in [-0.15, -0.1) is 0 Å². The van der Waals surface area contributed by atoms with Gasteiger partial charge in [-0.1, -0.05) is 30.0 Å². The number of fused-ring (bicyclic) bond motifs is 1. The summed E-state index contributed by atoms with van der Waals surface area (Å²) in [5.74, 6) is 1.52. The quantitative estimate of drug-likeness (QED) is 0.564. The summed E-state index contributed by atoms with van der Waals surface area (Å²) in [5.41, 5.74) is 2.36. The summed E-state index contributed by atoms with van der Waals surface area (Å²) in [6.45, 7) is 7.28. The molecule has 0 aliphatic carbocycles. The number of ether oxygens (including phenoxy) is 2. The molecule has 0 saturated carbocycles. The predicted octanol–water partition coefficient (Wildman–Crippen LogP) is 5.17. The molecule has 1 aromatic carbocycles. The Hall–Kier alpha value is -2.84.